The molecule has 3 aromatic carbocycles. The minimum atomic E-state index is -0.961. The van der Waals surface area contributed by atoms with Crippen molar-refractivity contribution < 1.29 is 4.52 Å². The Hall–Kier alpha value is -2.11. The molecule has 0 aliphatic carbocycles. The molecule has 0 amide bonds. The smallest absolute Gasteiger partial charge is 0.150 e. The van der Waals surface area contributed by atoms with E-state index in [4.69, 9.17) is 4.52 Å². The molecule has 0 spiro atoms. The van der Waals surface area contributed by atoms with Gasteiger partial charge in [-0.1, -0.05) is 123 Å². The second-order valence-electron chi connectivity index (χ2n) is 11.8. The summed E-state index contributed by atoms with van der Waals surface area (Å²) in [4.78, 5) is 0. The summed E-state index contributed by atoms with van der Waals surface area (Å²) in [6.07, 6.45) is 0. The quantitative estimate of drug-likeness (QED) is 0.369. The molecule has 0 radical (unpaired) electrons. The Morgan fingerprint density at radius 3 is 1.00 bits per heavy atom. The highest BCUT2D eigenvalue weighted by Crippen LogP contribution is 2.38. The lowest BCUT2D eigenvalue weighted by Crippen LogP contribution is -2.19. The molecule has 0 aromatic heterocycles. The molecule has 0 heterocycles. The average Bonchev–Trinajstić information content (AvgIpc) is 2.71. The van der Waals surface area contributed by atoms with E-state index in [1.807, 2.05) is 0 Å². The highest BCUT2D eigenvalue weighted by atomic mass is 31.1. The van der Waals surface area contributed by atoms with E-state index in [9.17, 15) is 0 Å². The molecule has 170 valence electrons. The van der Waals surface area contributed by atoms with Crippen LogP contribution in [0.1, 0.15) is 79.0 Å². The molecule has 0 saturated heterocycles. The lowest BCUT2D eigenvalue weighted by Gasteiger charge is -2.24. The lowest BCUT2D eigenvalue weighted by molar-refractivity contribution is 0.585. The van der Waals surface area contributed by atoms with Gasteiger partial charge in [-0.3, -0.25) is 0 Å². The number of benzene rings is 3. The maximum atomic E-state index is 6.67. The molecule has 0 atom stereocenters. The largest absolute Gasteiger partial charge is 0.464 e. The molecule has 0 saturated carbocycles. The topological polar surface area (TPSA) is 9.23 Å². The predicted molar refractivity (Wildman–Crippen MR) is 142 cm³/mol. The fourth-order valence-corrected chi connectivity index (χ4v) is 5.25. The van der Waals surface area contributed by atoms with Crippen molar-refractivity contribution in [2.24, 2.45) is 0 Å². The van der Waals surface area contributed by atoms with E-state index in [1.54, 1.807) is 0 Å². The van der Waals surface area contributed by atoms with Gasteiger partial charge in [-0.25, -0.2) is 0 Å². The van der Waals surface area contributed by atoms with Crippen LogP contribution in [0, 0.1) is 0 Å². The monoisotopic (exact) mass is 446 g/mol. The SMILES string of the molecule is CC(C)(C)c1ccc(OP(c2ccc(C(C)(C)C)cc2)c2ccc(C(C)(C)C)cc2)cc1. The predicted octanol–water partition coefficient (Wildman–Crippen LogP) is 8.01. The van der Waals surface area contributed by atoms with E-state index in [2.05, 4.69) is 135 Å². The van der Waals surface area contributed by atoms with Crippen LogP contribution in [-0.2, 0) is 16.2 Å². The van der Waals surface area contributed by atoms with Gasteiger partial charge in [-0.15, -0.1) is 0 Å². The van der Waals surface area contributed by atoms with E-state index >= 15 is 0 Å². The van der Waals surface area contributed by atoms with Crippen LogP contribution >= 0.6 is 8.15 Å². The Kier molecular flexibility index (Phi) is 6.92. The average molecular weight is 447 g/mol. The van der Waals surface area contributed by atoms with E-state index in [0.717, 1.165) is 5.75 Å². The highest BCUT2D eigenvalue weighted by Gasteiger charge is 2.21. The van der Waals surface area contributed by atoms with Crippen LogP contribution in [0.3, 0.4) is 0 Å². The van der Waals surface area contributed by atoms with E-state index in [1.165, 1.54) is 27.3 Å². The second-order valence-corrected chi connectivity index (χ2v) is 13.6. The van der Waals surface area contributed by atoms with Gasteiger partial charge in [0.1, 0.15) is 5.75 Å². The second kappa shape index (κ2) is 9.03. The fourth-order valence-electron chi connectivity index (χ4n) is 3.57. The van der Waals surface area contributed by atoms with Gasteiger partial charge in [0.25, 0.3) is 0 Å². The van der Waals surface area contributed by atoms with Crippen LogP contribution in [0.4, 0.5) is 0 Å². The van der Waals surface area contributed by atoms with Crippen LogP contribution in [0.15, 0.2) is 72.8 Å². The first-order valence-electron chi connectivity index (χ1n) is 11.5. The molecule has 0 bridgehead atoms. The summed E-state index contributed by atoms with van der Waals surface area (Å²) < 4.78 is 6.67. The molecule has 0 aliphatic heterocycles. The molecular weight excluding hydrogens is 407 g/mol. The van der Waals surface area contributed by atoms with Gasteiger partial charge in [0, 0.05) is 10.6 Å². The summed E-state index contributed by atoms with van der Waals surface area (Å²) in [5.41, 5.74) is 4.41. The Morgan fingerprint density at radius 2 is 0.719 bits per heavy atom. The first-order chi connectivity index (χ1) is 14.7. The first kappa shape index (κ1) is 24.5. The number of hydrogen-bond acceptors (Lipinski definition) is 1. The molecule has 3 rings (SSSR count). The minimum Gasteiger partial charge on any atom is -0.464 e. The summed E-state index contributed by atoms with van der Waals surface area (Å²) in [5, 5.41) is 2.47. The number of rotatable bonds is 4. The Bertz CT molecular complexity index is 952. The maximum absolute atomic E-state index is 6.67. The fraction of sp³-hybridized carbons (Fsp3) is 0.400. The summed E-state index contributed by atoms with van der Waals surface area (Å²) in [6.45, 7) is 20.2. The standard InChI is InChI=1S/C30H39OP/c1-28(2,3)22-10-16-25(17-11-22)31-32(26-18-12-23(13-19-26)29(4,5)6)27-20-14-24(15-21-27)30(7,8)9/h10-21H,1-9H3. The third-order valence-corrected chi connectivity index (χ3v) is 7.78. The molecule has 0 aliphatic rings. The van der Waals surface area contributed by atoms with Gasteiger partial charge in [0.05, 0.1) is 0 Å². The van der Waals surface area contributed by atoms with Crippen molar-refractivity contribution in [3.05, 3.63) is 89.5 Å². The molecule has 0 N–H and O–H groups in total. The van der Waals surface area contributed by atoms with Gasteiger partial charge < -0.3 is 4.52 Å². The minimum absolute atomic E-state index is 0.134. The molecule has 0 fully saturated rings. The van der Waals surface area contributed by atoms with Crippen molar-refractivity contribution in [2.45, 2.75) is 78.6 Å². The first-order valence-corrected chi connectivity index (χ1v) is 12.8. The van der Waals surface area contributed by atoms with Crippen molar-refractivity contribution >= 4 is 18.8 Å². The van der Waals surface area contributed by atoms with Gasteiger partial charge in [0.15, 0.2) is 8.15 Å². The highest BCUT2D eigenvalue weighted by molar-refractivity contribution is 7.68. The summed E-state index contributed by atoms with van der Waals surface area (Å²) in [5.74, 6) is 0.920. The summed E-state index contributed by atoms with van der Waals surface area (Å²) in [6, 6.07) is 26.6. The zero-order chi connectivity index (χ0) is 23.7. The van der Waals surface area contributed by atoms with Crippen molar-refractivity contribution in [3.8, 4) is 5.75 Å². The Morgan fingerprint density at radius 1 is 0.438 bits per heavy atom. The molecule has 0 unspecified atom stereocenters. The van der Waals surface area contributed by atoms with Gasteiger partial charge >= 0.3 is 0 Å². The van der Waals surface area contributed by atoms with Crippen molar-refractivity contribution in [3.63, 3.8) is 0 Å². The number of hydrogen-bond donors (Lipinski definition) is 0. The van der Waals surface area contributed by atoms with Crippen LogP contribution in [-0.4, -0.2) is 0 Å². The maximum Gasteiger partial charge on any atom is 0.150 e. The zero-order valence-corrected chi connectivity index (χ0v) is 22.2. The zero-order valence-electron chi connectivity index (χ0n) is 21.3. The van der Waals surface area contributed by atoms with Crippen LogP contribution in [0.2, 0.25) is 0 Å². The third kappa shape index (κ3) is 6.02. The Labute approximate surface area is 197 Å². The van der Waals surface area contributed by atoms with E-state index in [0.29, 0.717) is 0 Å². The van der Waals surface area contributed by atoms with E-state index in [-0.39, 0.29) is 16.2 Å². The van der Waals surface area contributed by atoms with Gasteiger partial charge in [-0.2, -0.15) is 0 Å². The molecule has 2 heteroatoms. The molecule has 1 nitrogen and oxygen atoms in total. The van der Waals surface area contributed by atoms with Crippen LogP contribution in [0.25, 0.3) is 0 Å². The van der Waals surface area contributed by atoms with E-state index < -0.39 is 8.15 Å². The van der Waals surface area contributed by atoms with Crippen LogP contribution < -0.4 is 15.1 Å². The van der Waals surface area contributed by atoms with Crippen LogP contribution in [0.5, 0.6) is 5.75 Å². The lowest BCUT2D eigenvalue weighted by atomic mass is 9.87. The van der Waals surface area contributed by atoms with Gasteiger partial charge in [-0.05, 0) is 45.1 Å². The normalized spacial score (nSPS) is 12.8. The summed E-state index contributed by atoms with van der Waals surface area (Å²) >= 11 is 0. The molecule has 3 aromatic rings. The van der Waals surface area contributed by atoms with Crippen molar-refractivity contribution in [2.75, 3.05) is 0 Å². The Balaban J connectivity index is 1.97. The summed E-state index contributed by atoms with van der Waals surface area (Å²) in [7, 11) is -0.961. The molecule has 32 heavy (non-hydrogen) atoms. The molecular formula is C30H39OP. The van der Waals surface area contributed by atoms with Crippen molar-refractivity contribution in [1.29, 1.82) is 0 Å². The van der Waals surface area contributed by atoms with Gasteiger partial charge in [0.2, 0.25) is 0 Å². The third-order valence-electron chi connectivity index (χ3n) is 5.85. The van der Waals surface area contributed by atoms with Crippen molar-refractivity contribution in [1.82, 2.24) is 0 Å².